The van der Waals surface area contributed by atoms with Gasteiger partial charge in [-0.15, -0.1) is 0 Å². The van der Waals surface area contributed by atoms with Gasteiger partial charge >= 0.3 is 0 Å². The Bertz CT molecular complexity index is 650. The summed E-state index contributed by atoms with van der Waals surface area (Å²) in [7, 11) is 1.70. The monoisotopic (exact) mass is 310 g/mol. The quantitative estimate of drug-likeness (QED) is 0.627. The zero-order chi connectivity index (χ0) is 15.7. The lowest BCUT2D eigenvalue weighted by molar-refractivity contribution is -0.147. The number of piperazine rings is 1. The molecule has 0 bridgehead atoms. The van der Waals surface area contributed by atoms with Gasteiger partial charge in [0.05, 0.1) is 5.69 Å². The maximum Gasteiger partial charge on any atom is 0.249 e. The highest BCUT2D eigenvalue weighted by Crippen LogP contribution is 2.20. The van der Waals surface area contributed by atoms with Gasteiger partial charge in [0.15, 0.2) is 0 Å². The normalized spacial score (nSPS) is 19.2. The van der Waals surface area contributed by atoms with Gasteiger partial charge in [0.1, 0.15) is 17.7 Å². The Morgan fingerprint density at radius 2 is 2.14 bits per heavy atom. The summed E-state index contributed by atoms with van der Waals surface area (Å²) in [5.41, 5.74) is 1.32. The number of nitrogens with one attached hydrogen (secondary N) is 1. The molecule has 0 aliphatic carbocycles. The van der Waals surface area contributed by atoms with E-state index in [0.717, 1.165) is 0 Å². The van der Waals surface area contributed by atoms with Crippen molar-refractivity contribution < 1.29 is 14.4 Å². The zero-order valence-corrected chi connectivity index (χ0v) is 12.6. The minimum atomic E-state index is -0.690. The molecule has 1 N–H and O–H groups in total. The van der Waals surface area contributed by atoms with Gasteiger partial charge in [-0.05, 0) is 19.9 Å². The summed E-state index contributed by atoms with van der Waals surface area (Å²) >= 11 is 6.06. The van der Waals surface area contributed by atoms with Crippen LogP contribution < -0.4 is 5.32 Å². The fourth-order valence-corrected chi connectivity index (χ4v) is 2.31. The Balaban J connectivity index is 2.19. The molecule has 2 rings (SSSR count). The Labute approximate surface area is 126 Å². The number of aromatic nitrogens is 2. The number of carbonyl (C=O) groups is 3. The Kier molecular flexibility index (Phi) is 4.13. The molecule has 0 spiro atoms. The first-order valence-electron chi connectivity index (χ1n) is 6.32. The molecular formula is C13H15ClN4O3. The molecule has 1 aliphatic rings. The van der Waals surface area contributed by atoms with Gasteiger partial charge in [-0.25, -0.2) is 0 Å². The highest BCUT2D eigenvalue weighted by Gasteiger charge is 2.32. The summed E-state index contributed by atoms with van der Waals surface area (Å²) in [5.74, 6) is -1.40. The molecule has 1 saturated heterocycles. The van der Waals surface area contributed by atoms with Gasteiger partial charge < -0.3 is 4.90 Å². The zero-order valence-electron chi connectivity index (χ0n) is 11.9. The Morgan fingerprint density at radius 1 is 1.48 bits per heavy atom. The van der Waals surface area contributed by atoms with Crippen LogP contribution in [0.3, 0.4) is 0 Å². The van der Waals surface area contributed by atoms with E-state index in [9.17, 15) is 14.4 Å². The molecule has 1 aromatic heterocycles. The van der Waals surface area contributed by atoms with Crippen LogP contribution in [0.1, 0.15) is 18.2 Å². The molecule has 0 aromatic carbocycles. The topological polar surface area (TPSA) is 84.3 Å². The van der Waals surface area contributed by atoms with Crippen molar-refractivity contribution in [1.82, 2.24) is 20.0 Å². The van der Waals surface area contributed by atoms with Gasteiger partial charge in [0.25, 0.3) is 0 Å². The number of aryl methyl sites for hydroxylation is 2. The average Bonchev–Trinajstić information content (AvgIpc) is 2.65. The number of nitrogens with zero attached hydrogens (tertiary/aromatic N) is 3. The Hall–Kier alpha value is -2.15. The summed E-state index contributed by atoms with van der Waals surface area (Å²) < 4.78 is 1.50. The standard InChI is InChI=1S/C13H15ClN4O3/c1-7-9(12(14)17(3)16-7)4-5-11(20)18-6-10(19)15-13(21)8(18)2/h4-5,8H,6H2,1-3H3,(H,15,19,21). The number of hydrogen-bond acceptors (Lipinski definition) is 4. The predicted molar refractivity (Wildman–Crippen MR) is 76.3 cm³/mol. The van der Waals surface area contributed by atoms with Crippen molar-refractivity contribution >= 4 is 35.4 Å². The average molecular weight is 311 g/mol. The molecule has 1 atom stereocenters. The van der Waals surface area contributed by atoms with Crippen LogP contribution in [0.5, 0.6) is 0 Å². The lowest BCUT2D eigenvalue weighted by Crippen LogP contribution is -2.58. The second-order valence-corrected chi connectivity index (χ2v) is 5.16. The molecular weight excluding hydrogens is 296 g/mol. The molecule has 2 heterocycles. The van der Waals surface area contributed by atoms with Crippen molar-refractivity contribution in [3.05, 3.63) is 22.5 Å². The predicted octanol–water partition coefficient (Wildman–Crippen LogP) is 0.269. The van der Waals surface area contributed by atoms with Gasteiger partial charge in [-0.2, -0.15) is 5.10 Å². The van der Waals surface area contributed by atoms with Crippen molar-refractivity contribution in [2.75, 3.05) is 6.54 Å². The molecule has 1 aliphatic heterocycles. The van der Waals surface area contributed by atoms with Crippen molar-refractivity contribution in [3.8, 4) is 0 Å². The van der Waals surface area contributed by atoms with Crippen LogP contribution >= 0.6 is 11.6 Å². The van der Waals surface area contributed by atoms with Crippen molar-refractivity contribution in [3.63, 3.8) is 0 Å². The molecule has 1 fully saturated rings. The van der Waals surface area contributed by atoms with Crippen molar-refractivity contribution in [2.45, 2.75) is 19.9 Å². The SMILES string of the molecule is Cc1nn(C)c(Cl)c1C=CC(=O)N1CC(=O)NC(=O)C1C. The largest absolute Gasteiger partial charge is 0.318 e. The van der Waals surface area contributed by atoms with E-state index in [0.29, 0.717) is 16.4 Å². The first kappa shape index (κ1) is 15.2. The fraction of sp³-hybridized carbons (Fsp3) is 0.385. The van der Waals surface area contributed by atoms with Crippen LogP contribution in [0.2, 0.25) is 5.15 Å². The van der Waals surface area contributed by atoms with E-state index in [1.54, 1.807) is 20.9 Å². The van der Waals surface area contributed by atoms with E-state index in [2.05, 4.69) is 10.4 Å². The third-order valence-corrected chi connectivity index (χ3v) is 3.74. The molecule has 0 radical (unpaired) electrons. The summed E-state index contributed by atoms with van der Waals surface area (Å²) in [6.07, 6.45) is 2.83. The van der Waals surface area contributed by atoms with E-state index in [1.807, 2.05) is 0 Å². The number of rotatable bonds is 2. The second-order valence-electron chi connectivity index (χ2n) is 4.80. The van der Waals surface area contributed by atoms with Crippen molar-refractivity contribution in [2.24, 2.45) is 7.05 Å². The third-order valence-electron chi connectivity index (χ3n) is 3.30. The molecule has 3 amide bonds. The number of hydrogen-bond donors (Lipinski definition) is 1. The minimum absolute atomic E-state index is 0.143. The van der Waals surface area contributed by atoms with Crippen LogP contribution in [0.15, 0.2) is 6.08 Å². The lowest BCUT2D eigenvalue weighted by Gasteiger charge is -2.30. The number of carbonyl (C=O) groups excluding carboxylic acids is 3. The molecule has 21 heavy (non-hydrogen) atoms. The molecule has 1 aromatic rings. The van der Waals surface area contributed by atoms with Crippen molar-refractivity contribution in [1.29, 1.82) is 0 Å². The molecule has 0 saturated carbocycles. The van der Waals surface area contributed by atoms with Gasteiger partial charge in [-0.1, -0.05) is 11.6 Å². The van der Waals surface area contributed by atoms with Crippen LogP contribution in [0.4, 0.5) is 0 Å². The summed E-state index contributed by atoms with van der Waals surface area (Å²) in [6, 6.07) is -0.690. The summed E-state index contributed by atoms with van der Waals surface area (Å²) in [4.78, 5) is 36.2. The fourth-order valence-electron chi connectivity index (χ4n) is 2.07. The number of amides is 3. The van der Waals surface area contributed by atoms with Crippen LogP contribution in [0.25, 0.3) is 6.08 Å². The Morgan fingerprint density at radius 3 is 2.71 bits per heavy atom. The van der Waals surface area contributed by atoms with Gasteiger partial charge in [-0.3, -0.25) is 24.4 Å². The summed E-state index contributed by atoms with van der Waals surface area (Å²) in [6.45, 7) is 3.20. The van der Waals surface area contributed by atoms with E-state index < -0.39 is 23.8 Å². The highest BCUT2D eigenvalue weighted by atomic mass is 35.5. The second kappa shape index (κ2) is 5.69. The maximum absolute atomic E-state index is 12.1. The smallest absolute Gasteiger partial charge is 0.249 e. The maximum atomic E-state index is 12.1. The van der Waals surface area contributed by atoms with E-state index in [1.165, 1.54) is 21.7 Å². The molecule has 7 nitrogen and oxygen atoms in total. The van der Waals surface area contributed by atoms with Gasteiger partial charge in [0, 0.05) is 18.7 Å². The van der Waals surface area contributed by atoms with E-state index in [4.69, 9.17) is 11.6 Å². The number of imide groups is 1. The van der Waals surface area contributed by atoms with Crippen LogP contribution in [-0.4, -0.2) is 45.0 Å². The van der Waals surface area contributed by atoms with Crippen LogP contribution in [-0.2, 0) is 21.4 Å². The molecule has 112 valence electrons. The number of halogens is 1. The van der Waals surface area contributed by atoms with E-state index in [-0.39, 0.29) is 6.54 Å². The lowest BCUT2D eigenvalue weighted by atomic mass is 10.2. The van der Waals surface area contributed by atoms with Gasteiger partial charge in [0.2, 0.25) is 17.7 Å². The molecule has 8 heteroatoms. The first-order valence-corrected chi connectivity index (χ1v) is 6.70. The highest BCUT2D eigenvalue weighted by molar-refractivity contribution is 6.31. The molecule has 1 unspecified atom stereocenters. The van der Waals surface area contributed by atoms with E-state index >= 15 is 0 Å². The summed E-state index contributed by atoms with van der Waals surface area (Å²) in [5, 5.41) is 6.72. The third kappa shape index (κ3) is 2.97. The van der Waals surface area contributed by atoms with Crippen LogP contribution in [0, 0.1) is 6.92 Å². The minimum Gasteiger partial charge on any atom is -0.318 e. The first-order chi connectivity index (χ1) is 9.81.